The fraction of sp³-hybridized carbons (Fsp3) is 0.208. The molecule has 0 bridgehead atoms. The maximum atomic E-state index is 11.7. The fourth-order valence-electron chi connectivity index (χ4n) is 2.78. The highest BCUT2D eigenvalue weighted by Crippen LogP contribution is 2.17. The molecule has 0 aliphatic rings. The molecule has 3 aromatic rings. The van der Waals surface area contributed by atoms with Gasteiger partial charge < -0.3 is 14.8 Å². The van der Waals surface area contributed by atoms with Gasteiger partial charge in [0.25, 0.3) is 0 Å². The number of hydrogen-bond donors (Lipinski definition) is 1. The molecule has 1 N–H and O–H groups in total. The first-order valence-corrected chi connectivity index (χ1v) is 9.43. The van der Waals surface area contributed by atoms with Gasteiger partial charge in [0.2, 0.25) is 0 Å². The van der Waals surface area contributed by atoms with Gasteiger partial charge in [-0.1, -0.05) is 36.4 Å². The minimum Gasteiger partial charge on any atom is -0.489 e. The quantitative estimate of drug-likeness (QED) is 0.538. The molecular formula is C24H25NO3. The van der Waals surface area contributed by atoms with Gasteiger partial charge in [-0.15, -0.1) is 0 Å². The molecule has 4 heteroatoms. The number of benzene rings is 3. The maximum absolute atomic E-state index is 11.7. The predicted octanol–water partition coefficient (Wildman–Crippen LogP) is 5.36. The van der Waals surface area contributed by atoms with Crippen LogP contribution in [0.1, 0.15) is 34.0 Å². The van der Waals surface area contributed by atoms with Crippen LogP contribution in [0.5, 0.6) is 5.75 Å². The van der Waals surface area contributed by atoms with Crippen molar-refractivity contribution in [2.24, 2.45) is 0 Å². The maximum Gasteiger partial charge on any atom is 0.338 e. The zero-order valence-electron chi connectivity index (χ0n) is 16.3. The summed E-state index contributed by atoms with van der Waals surface area (Å²) in [6, 6.07) is 23.6. The molecule has 0 fully saturated rings. The first-order valence-electron chi connectivity index (χ1n) is 9.43. The van der Waals surface area contributed by atoms with Crippen molar-refractivity contribution < 1.29 is 14.3 Å². The highest BCUT2D eigenvalue weighted by molar-refractivity contribution is 5.89. The number of hydrogen-bond acceptors (Lipinski definition) is 4. The highest BCUT2D eigenvalue weighted by atomic mass is 16.5. The second-order valence-corrected chi connectivity index (χ2v) is 6.51. The molecule has 0 radical (unpaired) electrons. The van der Waals surface area contributed by atoms with Crippen LogP contribution in [0.4, 0.5) is 5.69 Å². The minimum absolute atomic E-state index is 0.296. The van der Waals surface area contributed by atoms with Crippen LogP contribution in [0.3, 0.4) is 0 Å². The number of aryl methyl sites for hydroxylation is 1. The summed E-state index contributed by atoms with van der Waals surface area (Å²) in [7, 11) is 0. The van der Waals surface area contributed by atoms with Crippen molar-refractivity contribution in [2.45, 2.75) is 27.0 Å². The van der Waals surface area contributed by atoms with Crippen LogP contribution in [0.25, 0.3) is 0 Å². The smallest absolute Gasteiger partial charge is 0.338 e. The third-order valence-electron chi connectivity index (χ3n) is 4.47. The lowest BCUT2D eigenvalue weighted by molar-refractivity contribution is 0.0526. The molecule has 144 valence electrons. The molecular weight excluding hydrogens is 350 g/mol. The Hall–Kier alpha value is -3.27. The van der Waals surface area contributed by atoms with Gasteiger partial charge in [0.05, 0.1) is 12.2 Å². The lowest BCUT2D eigenvalue weighted by Crippen LogP contribution is -2.05. The van der Waals surface area contributed by atoms with Gasteiger partial charge in [0.1, 0.15) is 12.4 Å². The Morgan fingerprint density at radius 2 is 1.64 bits per heavy atom. The van der Waals surface area contributed by atoms with E-state index in [9.17, 15) is 4.79 Å². The van der Waals surface area contributed by atoms with E-state index in [0.29, 0.717) is 25.3 Å². The van der Waals surface area contributed by atoms with Crippen LogP contribution in [0.2, 0.25) is 0 Å². The highest BCUT2D eigenvalue weighted by Gasteiger charge is 2.05. The number of ether oxygens (including phenoxy) is 2. The van der Waals surface area contributed by atoms with Crippen molar-refractivity contribution in [3.63, 3.8) is 0 Å². The molecule has 0 amide bonds. The number of rotatable bonds is 8. The topological polar surface area (TPSA) is 47.6 Å². The van der Waals surface area contributed by atoms with Crippen LogP contribution < -0.4 is 10.1 Å². The molecule has 0 aliphatic heterocycles. The lowest BCUT2D eigenvalue weighted by Gasteiger charge is -2.10. The van der Waals surface area contributed by atoms with Crippen molar-refractivity contribution >= 4 is 11.7 Å². The molecule has 0 heterocycles. The third kappa shape index (κ3) is 5.36. The molecule has 3 aromatic carbocycles. The average Bonchev–Trinajstić information content (AvgIpc) is 2.73. The van der Waals surface area contributed by atoms with E-state index < -0.39 is 0 Å². The summed E-state index contributed by atoms with van der Waals surface area (Å²) < 4.78 is 10.9. The zero-order valence-corrected chi connectivity index (χ0v) is 16.3. The van der Waals surface area contributed by atoms with Gasteiger partial charge in [-0.25, -0.2) is 4.79 Å². The molecule has 0 aliphatic carbocycles. The number of carbonyl (C=O) groups is 1. The Labute approximate surface area is 166 Å². The van der Waals surface area contributed by atoms with E-state index >= 15 is 0 Å². The molecule has 0 saturated carbocycles. The summed E-state index contributed by atoms with van der Waals surface area (Å²) in [5, 5.41) is 3.35. The van der Waals surface area contributed by atoms with E-state index in [1.165, 1.54) is 11.1 Å². The normalized spacial score (nSPS) is 10.4. The summed E-state index contributed by atoms with van der Waals surface area (Å²) in [4.78, 5) is 11.7. The van der Waals surface area contributed by atoms with E-state index in [1.807, 2.05) is 48.5 Å². The van der Waals surface area contributed by atoms with Gasteiger partial charge in [0.15, 0.2) is 0 Å². The van der Waals surface area contributed by atoms with Gasteiger partial charge in [0, 0.05) is 12.2 Å². The summed E-state index contributed by atoms with van der Waals surface area (Å²) in [6.45, 7) is 5.52. The van der Waals surface area contributed by atoms with Crippen LogP contribution in [-0.2, 0) is 17.9 Å². The standard InChI is InChI=1S/C24H25NO3/c1-3-27-24(26)20-10-12-22(13-11-20)25-16-19-8-14-23(15-9-19)28-17-21-7-5-4-6-18(21)2/h4-15,25H,3,16-17H2,1-2H3. The van der Waals surface area contributed by atoms with E-state index in [0.717, 1.165) is 17.0 Å². The van der Waals surface area contributed by atoms with Crippen molar-refractivity contribution in [3.8, 4) is 5.75 Å². The first-order chi connectivity index (χ1) is 13.7. The van der Waals surface area contributed by atoms with Crippen molar-refractivity contribution in [1.29, 1.82) is 0 Å². The predicted molar refractivity (Wildman–Crippen MR) is 112 cm³/mol. The van der Waals surface area contributed by atoms with E-state index in [1.54, 1.807) is 19.1 Å². The molecule has 4 nitrogen and oxygen atoms in total. The van der Waals surface area contributed by atoms with E-state index in [2.05, 4.69) is 24.4 Å². The van der Waals surface area contributed by atoms with Crippen LogP contribution in [-0.4, -0.2) is 12.6 Å². The second kappa shape index (κ2) is 9.60. The number of anilines is 1. The minimum atomic E-state index is -0.296. The van der Waals surface area contributed by atoms with Crippen molar-refractivity contribution in [2.75, 3.05) is 11.9 Å². The number of esters is 1. The third-order valence-corrected chi connectivity index (χ3v) is 4.47. The molecule has 0 unspecified atom stereocenters. The molecule has 0 spiro atoms. The average molecular weight is 375 g/mol. The van der Waals surface area contributed by atoms with E-state index in [4.69, 9.17) is 9.47 Å². The Morgan fingerprint density at radius 1 is 0.929 bits per heavy atom. The van der Waals surface area contributed by atoms with Gasteiger partial charge >= 0.3 is 5.97 Å². The summed E-state index contributed by atoms with van der Waals surface area (Å²) >= 11 is 0. The summed E-state index contributed by atoms with van der Waals surface area (Å²) in [5.41, 5.74) is 5.09. The molecule has 3 rings (SSSR count). The summed E-state index contributed by atoms with van der Waals surface area (Å²) in [5.74, 6) is 0.557. The lowest BCUT2D eigenvalue weighted by atomic mass is 10.1. The van der Waals surface area contributed by atoms with Gasteiger partial charge in [-0.3, -0.25) is 0 Å². The largest absolute Gasteiger partial charge is 0.489 e. The molecule has 0 aromatic heterocycles. The number of nitrogens with one attached hydrogen (secondary N) is 1. The number of carbonyl (C=O) groups excluding carboxylic acids is 1. The molecule has 0 atom stereocenters. The summed E-state index contributed by atoms with van der Waals surface area (Å²) in [6.07, 6.45) is 0. The van der Waals surface area contributed by atoms with E-state index in [-0.39, 0.29) is 5.97 Å². The van der Waals surface area contributed by atoms with Crippen molar-refractivity contribution in [1.82, 2.24) is 0 Å². The fourth-order valence-corrected chi connectivity index (χ4v) is 2.78. The Morgan fingerprint density at radius 3 is 2.32 bits per heavy atom. The molecule has 28 heavy (non-hydrogen) atoms. The van der Waals surface area contributed by atoms with Gasteiger partial charge in [-0.05, 0) is 66.9 Å². The second-order valence-electron chi connectivity index (χ2n) is 6.51. The first kappa shape index (κ1) is 19.5. The molecule has 0 saturated heterocycles. The Kier molecular flexibility index (Phi) is 6.68. The SMILES string of the molecule is CCOC(=O)c1ccc(NCc2ccc(OCc3ccccc3C)cc2)cc1. The Bertz CT molecular complexity index is 902. The van der Waals surface area contributed by atoms with Crippen LogP contribution in [0, 0.1) is 6.92 Å². The van der Waals surface area contributed by atoms with Crippen molar-refractivity contribution in [3.05, 3.63) is 95.1 Å². The Balaban J connectivity index is 1.50. The monoisotopic (exact) mass is 375 g/mol. The van der Waals surface area contributed by atoms with Crippen LogP contribution in [0.15, 0.2) is 72.8 Å². The zero-order chi connectivity index (χ0) is 19.8. The van der Waals surface area contributed by atoms with Crippen LogP contribution >= 0.6 is 0 Å². The van der Waals surface area contributed by atoms with Gasteiger partial charge in [-0.2, -0.15) is 0 Å².